The van der Waals surface area contributed by atoms with E-state index in [0.29, 0.717) is 17.8 Å². The molecule has 0 spiro atoms. The average molecular weight is 433 g/mol. The van der Waals surface area contributed by atoms with Crippen molar-refractivity contribution >= 4 is 17.8 Å². The van der Waals surface area contributed by atoms with Crippen LogP contribution in [0.3, 0.4) is 0 Å². The number of rotatable bonds is 11. The minimum atomic E-state index is -0.974. The van der Waals surface area contributed by atoms with Crippen molar-refractivity contribution in [1.29, 1.82) is 0 Å². The summed E-state index contributed by atoms with van der Waals surface area (Å²) in [6.45, 7) is 4.44. The van der Waals surface area contributed by atoms with Gasteiger partial charge in [0.25, 0.3) is 0 Å². The molecular formula is C26H28N2O4. The molecule has 6 heteroatoms. The molecule has 0 aliphatic carbocycles. The first-order valence-corrected chi connectivity index (χ1v) is 10.7. The number of hydrogen-bond acceptors (Lipinski definition) is 4. The quantitative estimate of drug-likeness (QED) is 0.442. The number of allylic oxidation sites excluding steroid dienone is 1. The first kappa shape index (κ1) is 23.2. The topological polar surface area (TPSA) is 81.4 Å². The molecule has 1 N–H and O–H groups in total. The maximum absolute atomic E-state index is 12.7. The summed E-state index contributed by atoms with van der Waals surface area (Å²) in [4.78, 5) is 23.4. The molecule has 0 aliphatic rings. The molecule has 0 amide bonds. The zero-order chi connectivity index (χ0) is 22.9. The van der Waals surface area contributed by atoms with Crippen molar-refractivity contribution in [2.24, 2.45) is 0 Å². The first-order valence-electron chi connectivity index (χ1n) is 10.7. The lowest BCUT2D eigenvalue weighted by Gasteiger charge is -2.08. The van der Waals surface area contributed by atoms with Crippen LogP contribution in [0, 0.1) is 0 Å². The Labute approximate surface area is 188 Å². The second-order valence-electron chi connectivity index (χ2n) is 7.63. The van der Waals surface area contributed by atoms with Crippen LogP contribution in [0.4, 0.5) is 0 Å². The molecule has 2 aromatic carbocycles. The van der Waals surface area contributed by atoms with Crippen LogP contribution in [-0.4, -0.2) is 32.7 Å². The Morgan fingerprint density at radius 2 is 1.75 bits per heavy atom. The van der Waals surface area contributed by atoms with Gasteiger partial charge in [-0.3, -0.25) is 9.48 Å². The molecule has 0 saturated carbocycles. The van der Waals surface area contributed by atoms with Gasteiger partial charge in [0, 0.05) is 11.8 Å². The number of aliphatic carboxylic acids is 1. The monoisotopic (exact) mass is 432 g/mol. The Morgan fingerprint density at radius 1 is 1.06 bits per heavy atom. The van der Waals surface area contributed by atoms with Crippen molar-refractivity contribution in [3.8, 4) is 0 Å². The zero-order valence-corrected chi connectivity index (χ0v) is 18.4. The maximum atomic E-state index is 12.7. The van der Waals surface area contributed by atoms with Crippen LogP contribution in [0.1, 0.15) is 53.0 Å². The molecule has 6 nitrogen and oxygen atoms in total. The maximum Gasteiger partial charge on any atom is 0.332 e. The summed E-state index contributed by atoms with van der Waals surface area (Å²) in [7, 11) is 0. The smallest absolute Gasteiger partial charge is 0.332 e. The fourth-order valence-corrected chi connectivity index (χ4v) is 3.16. The summed E-state index contributed by atoms with van der Waals surface area (Å²) in [5.74, 6) is -1.05. The Bertz CT molecular complexity index is 1070. The van der Waals surface area contributed by atoms with Crippen molar-refractivity contribution in [2.45, 2.75) is 45.9 Å². The minimum absolute atomic E-state index is 0.0780. The standard InChI is InChI=1S/C26H28N2O4/c1-3-5-20-11-13-23(14-12-20)25(29)24-15-17-28(27-24)16-4-6-21-7-9-22(10-8-21)18-32-19(2)26(30)31/h4,6-15,17,19H,3,5,16,18H2,1-2H3,(H,30,31)/b6-4+/t19-/m1/s1. The van der Waals surface area contributed by atoms with Crippen molar-refractivity contribution in [2.75, 3.05) is 0 Å². The predicted octanol–water partition coefficient (Wildman–Crippen LogP) is 4.77. The Kier molecular flexibility index (Phi) is 8.11. The van der Waals surface area contributed by atoms with Crippen LogP contribution in [0.5, 0.6) is 0 Å². The molecule has 32 heavy (non-hydrogen) atoms. The predicted molar refractivity (Wildman–Crippen MR) is 123 cm³/mol. The number of aromatic nitrogens is 2. The number of aryl methyl sites for hydroxylation is 1. The number of ketones is 1. The van der Waals surface area contributed by atoms with Crippen LogP contribution >= 0.6 is 0 Å². The van der Waals surface area contributed by atoms with Gasteiger partial charge < -0.3 is 9.84 Å². The van der Waals surface area contributed by atoms with Crippen LogP contribution in [0.25, 0.3) is 6.08 Å². The second-order valence-corrected chi connectivity index (χ2v) is 7.63. The molecule has 0 bridgehead atoms. The highest BCUT2D eigenvalue weighted by Crippen LogP contribution is 2.12. The van der Waals surface area contributed by atoms with Gasteiger partial charge in [-0.1, -0.05) is 74.0 Å². The van der Waals surface area contributed by atoms with Gasteiger partial charge in [-0.05, 0) is 36.1 Å². The van der Waals surface area contributed by atoms with Crippen LogP contribution in [-0.2, 0) is 29.1 Å². The molecule has 0 aliphatic heterocycles. The summed E-state index contributed by atoms with van der Waals surface area (Å²) in [6, 6.07) is 17.2. The molecule has 0 radical (unpaired) electrons. The summed E-state index contributed by atoms with van der Waals surface area (Å²) in [5, 5.41) is 13.3. The third-order valence-electron chi connectivity index (χ3n) is 5.06. The Hall–Kier alpha value is -3.51. The number of carbonyl (C=O) groups is 2. The SMILES string of the molecule is CCCc1ccc(C(=O)c2ccn(C/C=C/c3ccc(CO[C@H](C)C(=O)O)cc3)n2)cc1. The van der Waals surface area contributed by atoms with E-state index >= 15 is 0 Å². The summed E-state index contributed by atoms with van der Waals surface area (Å²) >= 11 is 0. The van der Waals surface area contributed by atoms with Gasteiger partial charge in [-0.2, -0.15) is 5.10 Å². The van der Waals surface area contributed by atoms with Crippen molar-refractivity contribution in [1.82, 2.24) is 9.78 Å². The number of ether oxygens (including phenoxy) is 1. The van der Waals surface area contributed by atoms with Gasteiger partial charge in [0.2, 0.25) is 5.78 Å². The summed E-state index contributed by atoms with van der Waals surface area (Å²) in [5.41, 5.74) is 4.23. The lowest BCUT2D eigenvalue weighted by atomic mass is 10.0. The van der Waals surface area contributed by atoms with E-state index in [2.05, 4.69) is 12.0 Å². The highest BCUT2D eigenvalue weighted by atomic mass is 16.5. The number of hydrogen-bond donors (Lipinski definition) is 1. The van der Waals surface area contributed by atoms with Gasteiger partial charge in [-0.25, -0.2) is 4.79 Å². The fraction of sp³-hybridized carbons (Fsp3) is 0.269. The highest BCUT2D eigenvalue weighted by molar-refractivity contribution is 6.07. The first-order chi connectivity index (χ1) is 15.5. The third-order valence-corrected chi connectivity index (χ3v) is 5.06. The number of nitrogens with zero attached hydrogens (tertiary/aromatic N) is 2. The summed E-state index contributed by atoms with van der Waals surface area (Å²) < 4.78 is 7.01. The largest absolute Gasteiger partial charge is 0.479 e. The van der Waals surface area contributed by atoms with Crippen molar-refractivity contribution < 1.29 is 19.4 Å². The molecule has 166 valence electrons. The molecule has 3 aromatic rings. The number of carbonyl (C=O) groups excluding carboxylic acids is 1. The van der Waals surface area contributed by atoms with E-state index in [0.717, 1.165) is 24.0 Å². The highest BCUT2D eigenvalue weighted by Gasteiger charge is 2.12. The number of carboxylic acid groups (broad SMARTS) is 1. The lowest BCUT2D eigenvalue weighted by molar-refractivity contribution is -0.149. The normalized spacial score (nSPS) is 12.2. The molecule has 1 aromatic heterocycles. The molecule has 1 atom stereocenters. The van der Waals surface area contributed by atoms with E-state index in [-0.39, 0.29) is 12.4 Å². The molecule has 0 saturated heterocycles. The van der Waals surface area contributed by atoms with E-state index in [4.69, 9.17) is 9.84 Å². The average Bonchev–Trinajstić information content (AvgIpc) is 3.27. The van der Waals surface area contributed by atoms with Gasteiger partial charge >= 0.3 is 5.97 Å². The van der Waals surface area contributed by atoms with E-state index in [1.54, 1.807) is 16.9 Å². The number of benzene rings is 2. The fourth-order valence-electron chi connectivity index (χ4n) is 3.16. The van der Waals surface area contributed by atoms with Crippen LogP contribution in [0.2, 0.25) is 0 Å². The molecule has 0 fully saturated rings. The van der Waals surface area contributed by atoms with Crippen molar-refractivity contribution in [3.05, 3.63) is 94.8 Å². The van der Waals surface area contributed by atoms with Crippen LogP contribution < -0.4 is 0 Å². The van der Waals surface area contributed by atoms with Gasteiger partial charge in [0.1, 0.15) is 5.69 Å². The summed E-state index contributed by atoms with van der Waals surface area (Å²) in [6.07, 6.45) is 7.00. The third kappa shape index (κ3) is 6.49. The molecular weight excluding hydrogens is 404 g/mol. The lowest BCUT2D eigenvalue weighted by Crippen LogP contribution is -2.19. The van der Waals surface area contributed by atoms with Crippen LogP contribution in [0.15, 0.2) is 66.9 Å². The van der Waals surface area contributed by atoms with Crippen molar-refractivity contribution in [3.63, 3.8) is 0 Å². The second kappa shape index (κ2) is 11.2. The van der Waals surface area contributed by atoms with E-state index < -0.39 is 12.1 Å². The minimum Gasteiger partial charge on any atom is -0.479 e. The van der Waals surface area contributed by atoms with E-state index in [9.17, 15) is 9.59 Å². The number of carboxylic acids is 1. The Balaban J connectivity index is 1.53. The van der Waals surface area contributed by atoms with Gasteiger partial charge in [-0.15, -0.1) is 0 Å². The molecule has 3 rings (SSSR count). The molecule has 0 unspecified atom stereocenters. The molecule has 1 heterocycles. The van der Waals surface area contributed by atoms with Gasteiger partial charge in [0.05, 0.1) is 13.2 Å². The van der Waals surface area contributed by atoms with E-state index in [1.807, 2.05) is 60.7 Å². The van der Waals surface area contributed by atoms with Gasteiger partial charge in [0.15, 0.2) is 6.10 Å². The Morgan fingerprint density at radius 3 is 2.41 bits per heavy atom. The zero-order valence-electron chi connectivity index (χ0n) is 18.4. The van der Waals surface area contributed by atoms with E-state index in [1.165, 1.54) is 12.5 Å².